The van der Waals surface area contributed by atoms with Crippen molar-refractivity contribution in [2.24, 2.45) is 0 Å². The van der Waals surface area contributed by atoms with Gasteiger partial charge in [0, 0.05) is 19.2 Å². The van der Waals surface area contributed by atoms with E-state index in [1.165, 1.54) is 0 Å². The van der Waals surface area contributed by atoms with E-state index >= 15 is 0 Å². The van der Waals surface area contributed by atoms with Crippen molar-refractivity contribution in [2.45, 2.75) is 13.8 Å². The molecular formula is C15H21N5O2. The van der Waals surface area contributed by atoms with Gasteiger partial charge in [-0.2, -0.15) is 10.1 Å². The van der Waals surface area contributed by atoms with Crippen LogP contribution in [0.4, 0.5) is 17.5 Å². The first-order valence-corrected chi connectivity index (χ1v) is 7.15. The largest absolute Gasteiger partial charge is 0.497 e. The Kier molecular flexibility index (Phi) is 5.35. The SMILES string of the molecule is CCN(CC)c1nncc(Nc2cc(OC)ccc2OC)n1. The molecule has 2 aromatic rings. The topological polar surface area (TPSA) is 72.4 Å². The van der Waals surface area contributed by atoms with Crippen LogP contribution in [0.5, 0.6) is 11.5 Å². The molecule has 7 nitrogen and oxygen atoms in total. The van der Waals surface area contributed by atoms with Gasteiger partial charge in [0.25, 0.3) is 0 Å². The first kappa shape index (κ1) is 15.8. The van der Waals surface area contributed by atoms with Gasteiger partial charge in [0.05, 0.1) is 26.1 Å². The molecule has 0 radical (unpaired) electrons. The van der Waals surface area contributed by atoms with Crippen LogP contribution in [0.2, 0.25) is 0 Å². The molecule has 0 saturated heterocycles. The number of benzene rings is 1. The molecule has 0 aliphatic heterocycles. The van der Waals surface area contributed by atoms with Crippen LogP contribution in [0.15, 0.2) is 24.4 Å². The van der Waals surface area contributed by atoms with Crippen molar-refractivity contribution in [2.75, 3.05) is 37.5 Å². The van der Waals surface area contributed by atoms with Crippen LogP contribution in [0.1, 0.15) is 13.8 Å². The van der Waals surface area contributed by atoms with E-state index in [0.29, 0.717) is 17.5 Å². The van der Waals surface area contributed by atoms with Crippen molar-refractivity contribution in [3.05, 3.63) is 24.4 Å². The molecule has 1 aromatic heterocycles. The molecule has 1 aromatic carbocycles. The van der Waals surface area contributed by atoms with Crippen molar-refractivity contribution in [3.8, 4) is 11.5 Å². The van der Waals surface area contributed by atoms with Gasteiger partial charge in [-0.05, 0) is 26.0 Å². The molecule has 1 N–H and O–H groups in total. The Hall–Kier alpha value is -2.57. The van der Waals surface area contributed by atoms with Gasteiger partial charge < -0.3 is 19.7 Å². The second-order valence-electron chi connectivity index (χ2n) is 4.51. The van der Waals surface area contributed by atoms with Crippen molar-refractivity contribution < 1.29 is 9.47 Å². The first-order chi connectivity index (χ1) is 10.7. The Morgan fingerprint density at radius 2 is 1.91 bits per heavy atom. The lowest BCUT2D eigenvalue weighted by molar-refractivity contribution is 0.405. The van der Waals surface area contributed by atoms with E-state index in [2.05, 4.69) is 34.3 Å². The Labute approximate surface area is 130 Å². The molecule has 0 spiro atoms. The second kappa shape index (κ2) is 7.44. The average molecular weight is 303 g/mol. The number of hydrogen-bond donors (Lipinski definition) is 1. The lowest BCUT2D eigenvalue weighted by Gasteiger charge is -2.18. The number of nitrogens with one attached hydrogen (secondary N) is 1. The summed E-state index contributed by atoms with van der Waals surface area (Å²) in [5.74, 6) is 2.62. The van der Waals surface area contributed by atoms with Gasteiger partial charge in [0.1, 0.15) is 11.5 Å². The van der Waals surface area contributed by atoms with Crippen molar-refractivity contribution in [1.82, 2.24) is 15.2 Å². The fraction of sp³-hybridized carbons (Fsp3) is 0.400. The van der Waals surface area contributed by atoms with Crippen LogP contribution in [0.25, 0.3) is 0 Å². The van der Waals surface area contributed by atoms with E-state index in [1.807, 2.05) is 23.1 Å². The summed E-state index contributed by atoms with van der Waals surface area (Å²) in [7, 11) is 3.24. The summed E-state index contributed by atoms with van der Waals surface area (Å²) in [5, 5.41) is 11.3. The van der Waals surface area contributed by atoms with Gasteiger partial charge in [-0.1, -0.05) is 0 Å². The lowest BCUT2D eigenvalue weighted by Crippen LogP contribution is -2.24. The highest BCUT2D eigenvalue weighted by molar-refractivity contribution is 5.66. The second-order valence-corrected chi connectivity index (χ2v) is 4.51. The normalized spacial score (nSPS) is 10.2. The lowest BCUT2D eigenvalue weighted by atomic mass is 10.2. The summed E-state index contributed by atoms with van der Waals surface area (Å²) in [6, 6.07) is 5.52. The Balaban J connectivity index is 2.29. The summed E-state index contributed by atoms with van der Waals surface area (Å²) in [6.07, 6.45) is 1.58. The van der Waals surface area contributed by atoms with Crippen molar-refractivity contribution >= 4 is 17.5 Å². The highest BCUT2D eigenvalue weighted by atomic mass is 16.5. The van der Waals surface area contributed by atoms with Gasteiger partial charge in [-0.3, -0.25) is 0 Å². The van der Waals surface area contributed by atoms with Crippen molar-refractivity contribution in [3.63, 3.8) is 0 Å². The number of anilines is 3. The predicted molar refractivity (Wildman–Crippen MR) is 86.2 cm³/mol. The predicted octanol–water partition coefficient (Wildman–Crippen LogP) is 2.48. The summed E-state index contributed by atoms with van der Waals surface area (Å²) < 4.78 is 10.6. The maximum absolute atomic E-state index is 5.34. The molecule has 0 aliphatic carbocycles. The van der Waals surface area contributed by atoms with Crippen molar-refractivity contribution in [1.29, 1.82) is 0 Å². The highest BCUT2D eigenvalue weighted by Gasteiger charge is 2.10. The van der Waals surface area contributed by atoms with Crippen LogP contribution < -0.4 is 19.7 Å². The van der Waals surface area contributed by atoms with E-state index in [0.717, 1.165) is 24.5 Å². The number of rotatable bonds is 7. The average Bonchev–Trinajstić information content (AvgIpc) is 2.56. The maximum Gasteiger partial charge on any atom is 0.247 e. The molecule has 2 rings (SSSR count). The van der Waals surface area contributed by atoms with Crippen LogP contribution in [-0.2, 0) is 0 Å². The van der Waals surface area contributed by atoms with E-state index in [1.54, 1.807) is 20.4 Å². The quantitative estimate of drug-likeness (QED) is 0.842. The molecular weight excluding hydrogens is 282 g/mol. The zero-order valence-electron chi connectivity index (χ0n) is 13.3. The van der Waals surface area contributed by atoms with Crippen LogP contribution in [0.3, 0.4) is 0 Å². The molecule has 22 heavy (non-hydrogen) atoms. The van der Waals surface area contributed by atoms with Gasteiger partial charge in [-0.25, -0.2) is 0 Å². The number of methoxy groups -OCH3 is 2. The molecule has 0 amide bonds. The van der Waals surface area contributed by atoms with E-state index in [4.69, 9.17) is 9.47 Å². The third-order valence-corrected chi connectivity index (χ3v) is 3.26. The summed E-state index contributed by atoms with van der Waals surface area (Å²) >= 11 is 0. The number of aromatic nitrogens is 3. The zero-order valence-corrected chi connectivity index (χ0v) is 13.3. The van der Waals surface area contributed by atoms with E-state index in [9.17, 15) is 0 Å². The fourth-order valence-electron chi connectivity index (χ4n) is 2.04. The van der Waals surface area contributed by atoms with Gasteiger partial charge in [0.15, 0.2) is 5.82 Å². The van der Waals surface area contributed by atoms with Crippen LogP contribution in [0, 0.1) is 0 Å². The first-order valence-electron chi connectivity index (χ1n) is 7.15. The molecule has 0 unspecified atom stereocenters. The molecule has 0 bridgehead atoms. The molecule has 0 aliphatic rings. The minimum Gasteiger partial charge on any atom is -0.497 e. The highest BCUT2D eigenvalue weighted by Crippen LogP contribution is 2.31. The molecule has 0 saturated carbocycles. The summed E-state index contributed by atoms with van der Waals surface area (Å²) in [6.45, 7) is 5.75. The third kappa shape index (κ3) is 3.55. The van der Waals surface area contributed by atoms with E-state index in [-0.39, 0.29) is 0 Å². The molecule has 7 heteroatoms. The van der Waals surface area contributed by atoms with Gasteiger partial charge in [-0.15, -0.1) is 5.10 Å². The minimum absolute atomic E-state index is 0.594. The number of nitrogens with zero attached hydrogens (tertiary/aromatic N) is 4. The maximum atomic E-state index is 5.34. The summed E-state index contributed by atoms with van der Waals surface area (Å²) in [4.78, 5) is 6.51. The van der Waals surface area contributed by atoms with Gasteiger partial charge in [0.2, 0.25) is 5.95 Å². The number of ether oxygens (including phenoxy) is 2. The molecule has 118 valence electrons. The minimum atomic E-state index is 0.594. The molecule has 0 atom stereocenters. The summed E-state index contributed by atoms with van der Waals surface area (Å²) in [5.41, 5.74) is 0.757. The van der Waals surface area contributed by atoms with E-state index < -0.39 is 0 Å². The fourth-order valence-corrected chi connectivity index (χ4v) is 2.04. The smallest absolute Gasteiger partial charge is 0.247 e. The van der Waals surface area contributed by atoms with Gasteiger partial charge >= 0.3 is 0 Å². The standard InChI is InChI=1S/C15H21N5O2/c1-5-20(6-2)15-18-14(10-16-19-15)17-12-9-11(21-3)7-8-13(12)22-4/h7-10H,5-6H2,1-4H3,(H,17,18,19). The van der Waals surface area contributed by atoms with Crippen LogP contribution >= 0.6 is 0 Å². The Morgan fingerprint density at radius 1 is 1.14 bits per heavy atom. The molecule has 1 heterocycles. The Morgan fingerprint density at radius 3 is 2.55 bits per heavy atom. The van der Waals surface area contributed by atoms with Crippen LogP contribution in [-0.4, -0.2) is 42.5 Å². The third-order valence-electron chi connectivity index (χ3n) is 3.26. The monoisotopic (exact) mass is 303 g/mol. The Bertz CT molecular complexity index is 617. The molecule has 0 fully saturated rings. The zero-order chi connectivity index (χ0) is 15.9. The number of hydrogen-bond acceptors (Lipinski definition) is 7.